The van der Waals surface area contributed by atoms with E-state index in [-0.39, 0.29) is 24.1 Å². The quantitative estimate of drug-likeness (QED) is 0.585. The molecule has 34 heavy (non-hydrogen) atoms. The molecule has 2 saturated heterocycles. The molecule has 0 aliphatic carbocycles. The Kier molecular flexibility index (Phi) is 6.62. The monoisotopic (exact) mass is 463 g/mol. The van der Waals surface area contributed by atoms with Crippen molar-refractivity contribution in [1.82, 2.24) is 19.6 Å². The molecule has 1 atom stereocenters. The van der Waals surface area contributed by atoms with Crippen LogP contribution >= 0.6 is 0 Å². The van der Waals surface area contributed by atoms with Crippen LogP contribution in [0.5, 0.6) is 5.75 Å². The van der Waals surface area contributed by atoms with Crippen molar-refractivity contribution in [2.75, 3.05) is 25.0 Å². The second-order valence-electron chi connectivity index (χ2n) is 8.70. The van der Waals surface area contributed by atoms with Crippen molar-refractivity contribution in [3.63, 3.8) is 0 Å². The van der Waals surface area contributed by atoms with Gasteiger partial charge in [0.25, 0.3) is 5.91 Å². The van der Waals surface area contributed by atoms with E-state index in [4.69, 9.17) is 9.47 Å². The Balaban J connectivity index is 1.05. The Morgan fingerprint density at radius 3 is 2.68 bits per heavy atom. The van der Waals surface area contributed by atoms with Gasteiger partial charge in [-0.2, -0.15) is 0 Å². The number of rotatable bonds is 6. The van der Waals surface area contributed by atoms with Crippen molar-refractivity contribution in [3.8, 4) is 5.75 Å². The molecule has 2 aromatic heterocycles. The second-order valence-corrected chi connectivity index (χ2v) is 8.70. The summed E-state index contributed by atoms with van der Waals surface area (Å²) in [6.45, 7) is 2.47. The van der Waals surface area contributed by atoms with Crippen molar-refractivity contribution >= 4 is 23.3 Å². The molecule has 3 amide bonds. The maximum absolute atomic E-state index is 12.5. The van der Waals surface area contributed by atoms with Crippen LogP contribution in [0.25, 0.3) is 5.65 Å². The van der Waals surface area contributed by atoms with E-state index in [1.807, 2.05) is 58.1 Å². The molecule has 2 aliphatic rings. The van der Waals surface area contributed by atoms with Gasteiger partial charge in [0.05, 0.1) is 0 Å². The second kappa shape index (κ2) is 10.1. The van der Waals surface area contributed by atoms with Crippen LogP contribution in [0.1, 0.15) is 31.2 Å². The highest BCUT2D eigenvalue weighted by atomic mass is 16.5. The summed E-state index contributed by atoms with van der Waals surface area (Å²) in [7, 11) is 0. The molecule has 0 saturated carbocycles. The van der Waals surface area contributed by atoms with Crippen LogP contribution in [-0.4, -0.2) is 58.1 Å². The Hall–Kier alpha value is -3.59. The number of hydrogen-bond donors (Lipinski definition) is 2. The largest absolute Gasteiger partial charge is 0.490 e. The number of benzene rings is 1. The van der Waals surface area contributed by atoms with Gasteiger partial charge in [-0.1, -0.05) is 0 Å². The molecule has 2 aliphatic heterocycles. The maximum Gasteiger partial charge on any atom is 0.319 e. The zero-order chi connectivity index (χ0) is 23.3. The number of aromatic nitrogens is 2. The van der Waals surface area contributed by atoms with Crippen LogP contribution in [0.15, 0.2) is 55.0 Å². The predicted octanol–water partition coefficient (Wildman–Crippen LogP) is 3.20. The molecule has 178 valence electrons. The minimum Gasteiger partial charge on any atom is -0.490 e. The van der Waals surface area contributed by atoms with Gasteiger partial charge in [0.15, 0.2) is 0 Å². The number of nitrogens with zero attached hydrogens (tertiary/aromatic N) is 3. The van der Waals surface area contributed by atoms with Gasteiger partial charge in [-0.15, -0.1) is 0 Å². The van der Waals surface area contributed by atoms with Crippen LogP contribution in [0.4, 0.5) is 10.5 Å². The summed E-state index contributed by atoms with van der Waals surface area (Å²) < 4.78 is 13.5. The molecular weight excluding hydrogens is 434 g/mol. The number of anilines is 1. The highest BCUT2D eigenvalue weighted by molar-refractivity contribution is 5.89. The SMILES string of the molecule is O=C(NCc1ccn2ccnc2c1)Nc1ccc(OC2CCN(C(=O)[C@@H]3CCCO3)CC2)cc1. The van der Waals surface area contributed by atoms with E-state index in [0.717, 1.165) is 42.6 Å². The van der Waals surface area contributed by atoms with E-state index in [9.17, 15) is 9.59 Å². The molecule has 9 nitrogen and oxygen atoms in total. The van der Waals surface area contributed by atoms with Crippen LogP contribution in [-0.2, 0) is 16.1 Å². The zero-order valence-corrected chi connectivity index (χ0v) is 19.0. The number of carbonyl (C=O) groups excluding carboxylic acids is 2. The number of piperidine rings is 1. The number of fused-ring (bicyclic) bond motifs is 1. The zero-order valence-electron chi connectivity index (χ0n) is 19.0. The first-order chi connectivity index (χ1) is 16.6. The molecule has 1 aromatic carbocycles. The lowest BCUT2D eigenvalue weighted by Crippen LogP contribution is -2.45. The van der Waals surface area contributed by atoms with Crippen LogP contribution in [0, 0.1) is 0 Å². The van der Waals surface area contributed by atoms with E-state index in [2.05, 4.69) is 15.6 Å². The summed E-state index contributed by atoms with van der Waals surface area (Å²) in [6, 6.07) is 11.0. The fraction of sp³-hybridized carbons (Fsp3) is 0.400. The molecule has 0 radical (unpaired) electrons. The number of carbonyl (C=O) groups is 2. The number of pyridine rings is 1. The third-order valence-corrected chi connectivity index (χ3v) is 6.29. The van der Waals surface area contributed by atoms with Crippen molar-refractivity contribution in [1.29, 1.82) is 0 Å². The number of ether oxygens (including phenoxy) is 2. The predicted molar refractivity (Wildman–Crippen MR) is 127 cm³/mol. The first-order valence-electron chi connectivity index (χ1n) is 11.8. The van der Waals surface area contributed by atoms with Gasteiger partial charge in [0.1, 0.15) is 23.6 Å². The molecule has 3 aromatic rings. The molecule has 0 unspecified atom stereocenters. The lowest BCUT2D eigenvalue weighted by atomic mass is 10.1. The van der Waals surface area contributed by atoms with Gasteiger partial charge in [-0.25, -0.2) is 9.78 Å². The average Bonchev–Trinajstić information content (AvgIpc) is 3.56. The third-order valence-electron chi connectivity index (χ3n) is 6.29. The number of imidazole rings is 1. The number of amides is 3. The Labute approximate surface area is 198 Å². The van der Waals surface area contributed by atoms with Crippen LogP contribution in [0.2, 0.25) is 0 Å². The van der Waals surface area contributed by atoms with Crippen molar-refractivity contribution in [2.45, 2.75) is 44.4 Å². The molecule has 9 heteroatoms. The Morgan fingerprint density at radius 2 is 1.91 bits per heavy atom. The lowest BCUT2D eigenvalue weighted by Gasteiger charge is -2.33. The molecule has 2 N–H and O–H groups in total. The van der Waals surface area contributed by atoms with Crippen LogP contribution in [0.3, 0.4) is 0 Å². The Morgan fingerprint density at radius 1 is 1.09 bits per heavy atom. The maximum atomic E-state index is 12.5. The number of urea groups is 1. The van der Waals surface area contributed by atoms with E-state index in [1.54, 1.807) is 6.20 Å². The van der Waals surface area contributed by atoms with Crippen molar-refractivity contribution in [3.05, 3.63) is 60.6 Å². The molecule has 4 heterocycles. The standard InChI is InChI=1S/C25H29N5O4/c31-24(22-2-1-15-33-22)30-12-8-21(9-13-30)34-20-5-3-19(4-6-20)28-25(32)27-17-18-7-11-29-14-10-26-23(29)16-18/h3-7,10-11,14,16,21-22H,1-2,8-9,12-13,15,17H2,(H2,27,28,32)/t22-/m0/s1. The van der Waals surface area contributed by atoms with E-state index >= 15 is 0 Å². The highest BCUT2D eigenvalue weighted by Gasteiger charge is 2.31. The summed E-state index contributed by atoms with van der Waals surface area (Å²) in [5.41, 5.74) is 2.50. The van der Waals surface area contributed by atoms with Crippen molar-refractivity contribution in [2.24, 2.45) is 0 Å². The fourth-order valence-electron chi connectivity index (χ4n) is 4.40. The number of nitrogens with one attached hydrogen (secondary N) is 2. The first-order valence-corrected chi connectivity index (χ1v) is 11.8. The summed E-state index contributed by atoms with van der Waals surface area (Å²) in [5.74, 6) is 0.870. The molecule has 5 rings (SSSR count). The van der Waals surface area contributed by atoms with Gasteiger partial charge in [-0.3, -0.25) is 4.79 Å². The summed E-state index contributed by atoms with van der Waals surface area (Å²) >= 11 is 0. The Bertz CT molecular complexity index is 1130. The van der Waals surface area contributed by atoms with E-state index in [0.29, 0.717) is 31.9 Å². The topological polar surface area (TPSA) is 97.2 Å². The van der Waals surface area contributed by atoms with Gasteiger partial charge < -0.3 is 29.4 Å². The van der Waals surface area contributed by atoms with E-state index < -0.39 is 0 Å². The third kappa shape index (κ3) is 5.31. The summed E-state index contributed by atoms with van der Waals surface area (Å²) in [6.07, 6.45) is 8.74. The normalized spacial score (nSPS) is 18.7. The summed E-state index contributed by atoms with van der Waals surface area (Å²) in [5, 5.41) is 5.70. The highest BCUT2D eigenvalue weighted by Crippen LogP contribution is 2.23. The number of likely N-dealkylation sites (tertiary alicyclic amines) is 1. The first kappa shape index (κ1) is 22.2. The number of hydrogen-bond acceptors (Lipinski definition) is 5. The van der Waals surface area contributed by atoms with Gasteiger partial charge in [-0.05, 0) is 54.8 Å². The van der Waals surface area contributed by atoms with Gasteiger partial charge >= 0.3 is 6.03 Å². The lowest BCUT2D eigenvalue weighted by molar-refractivity contribution is -0.142. The smallest absolute Gasteiger partial charge is 0.319 e. The van der Waals surface area contributed by atoms with Crippen LogP contribution < -0.4 is 15.4 Å². The molecule has 0 spiro atoms. The molecule has 0 bridgehead atoms. The fourth-order valence-corrected chi connectivity index (χ4v) is 4.40. The van der Waals surface area contributed by atoms with Crippen molar-refractivity contribution < 1.29 is 19.1 Å². The average molecular weight is 464 g/mol. The molecular formula is C25H29N5O4. The minimum absolute atomic E-state index is 0.0723. The summed E-state index contributed by atoms with van der Waals surface area (Å²) in [4.78, 5) is 30.9. The van der Waals surface area contributed by atoms with Gasteiger partial charge in [0, 0.05) is 63.4 Å². The van der Waals surface area contributed by atoms with Gasteiger partial charge in [0.2, 0.25) is 0 Å². The van der Waals surface area contributed by atoms with E-state index in [1.165, 1.54) is 0 Å². The minimum atomic E-state index is -0.278. The molecule has 2 fully saturated rings.